The van der Waals surface area contributed by atoms with Gasteiger partial charge in [-0.05, 0) is 19.5 Å². The maximum Gasteiger partial charge on any atom is 0.220 e. The summed E-state index contributed by atoms with van der Waals surface area (Å²) in [5.74, 6) is 0.204. The standard InChI is InChI=1S/C4H7NO.C4H11N/c6-4-2-1-3-5-4;1-3-5-4-2/h1-3H2,(H,5,6);5H,3-4H2,1-2H3. The Morgan fingerprint density at radius 3 is 2.18 bits per heavy atom. The van der Waals surface area contributed by atoms with E-state index in [9.17, 15) is 4.79 Å². The first kappa shape index (κ1) is 10.4. The summed E-state index contributed by atoms with van der Waals surface area (Å²) in [5.41, 5.74) is 0. The Balaban J connectivity index is 0.000000187. The Morgan fingerprint density at radius 1 is 1.45 bits per heavy atom. The van der Waals surface area contributed by atoms with Crippen LogP contribution in [0.2, 0.25) is 0 Å². The minimum absolute atomic E-state index is 0.204. The smallest absolute Gasteiger partial charge is 0.220 e. The van der Waals surface area contributed by atoms with Gasteiger partial charge in [-0.1, -0.05) is 13.8 Å². The van der Waals surface area contributed by atoms with Gasteiger partial charge in [-0.3, -0.25) is 4.79 Å². The molecule has 0 aromatic rings. The molecule has 2 N–H and O–H groups in total. The summed E-state index contributed by atoms with van der Waals surface area (Å²) >= 11 is 0. The van der Waals surface area contributed by atoms with Gasteiger partial charge in [0, 0.05) is 13.0 Å². The molecule has 66 valence electrons. The van der Waals surface area contributed by atoms with Crippen LogP contribution in [-0.2, 0) is 4.79 Å². The molecule has 3 nitrogen and oxygen atoms in total. The highest BCUT2D eigenvalue weighted by Crippen LogP contribution is 1.93. The minimum Gasteiger partial charge on any atom is -0.356 e. The summed E-state index contributed by atoms with van der Waals surface area (Å²) < 4.78 is 0. The van der Waals surface area contributed by atoms with E-state index in [4.69, 9.17) is 0 Å². The van der Waals surface area contributed by atoms with Gasteiger partial charge in [-0.25, -0.2) is 0 Å². The fourth-order valence-corrected chi connectivity index (χ4v) is 0.815. The predicted molar refractivity (Wildman–Crippen MR) is 46.5 cm³/mol. The molecule has 0 atom stereocenters. The van der Waals surface area contributed by atoms with Gasteiger partial charge in [0.1, 0.15) is 0 Å². The molecule has 0 radical (unpaired) electrons. The second kappa shape index (κ2) is 7.54. The van der Waals surface area contributed by atoms with Crippen molar-refractivity contribution in [2.75, 3.05) is 19.6 Å². The molecule has 0 bridgehead atoms. The molecule has 1 rings (SSSR count). The van der Waals surface area contributed by atoms with E-state index >= 15 is 0 Å². The van der Waals surface area contributed by atoms with E-state index in [0.29, 0.717) is 0 Å². The molecule has 0 unspecified atom stereocenters. The molecule has 0 aromatic carbocycles. The van der Waals surface area contributed by atoms with Crippen LogP contribution < -0.4 is 10.6 Å². The first-order valence-corrected chi connectivity index (χ1v) is 4.28. The van der Waals surface area contributed by atoms with Gasteiger partial charge in [0.2, 0.25) is 5.91 Å². The number of amides is 1. The zero-order valence-electron chi connectivity index (χ0n) is 7.44. The van der Waals surface area contributed by atoms with Crippen molar-refractivity contribution < 1.29 is 4.79 Å². The Hall–Kier alpha value is -0.570. The molecule has 0 spiro atoms. The highest BCUT2D eigenvalue weighted by molar-refractivity contribution is 5.77. The normalized spacial score (nSPS) is 15.3. The lowest BCUT2D eigenvalue weighted by molar-refractivity contribution is -0.119. The highest BCUT2D eigenvalue weighted by atomic mass is 16.1. The molecular formula is C8H18N2O. The van der Waals surface area contributed by atoms with Crippen LogP contribution in [-0.4, -0.2) is 25.5 Å². The van der Waals surface area contributed by atoms with Crippen LogP contribution in [0.25, 0.3) is 0 Å². The third-order valence-electron chi connectivity index (χ3n) is 1.40. The lowest BCUT2D eigenvalue weighted by Crippen LogP contribution is -2.12. The van der Waals surface area contributed by atoms with Crippen LogP contribution in [0.1, 0.15) is 26.7 Å². The fraction of sp³-hybridized carbons (Fsp3) is 0.875. The van der Waals surface area contributed by atoms with Crippen LogP contribution in [0, 0.1) is 0 Å². The van der Waals surface area contributed by atoms with Crippen molar-refractivity contribution >= 4 is 5.91 Å². The van der Waals surface area contributed by atoms with Crippen molar-refractivity contribution in [2.24, 2.45) is 0 Å². The summed E-state index contributed by atoms with van der Waals surface area (Å²) in [7, 11) is 0. The van der Waals surface area contributed by atoms with E-state index in [1.807, 2.05) is 0 Å². The van der Waals surface area contributed by atoms with Crippen LogP contribution in [0.3, 0.4) is 0 Å². The number of carbonyl (C=O) groups is 1. The topological polar surface area (TPSA) is 41.1 Å². The molecule has 1 fully saturated rings. The van der Waals surface area contributed by atoms with Gasteiger partial charge in [-0.15, -0.1) is 0 Å². The number of nitrogens with one attached hydrogen (secondary N) is 2. The number of rotatable bonds is 2. The van der Waals surface area contributed by atoms with Gasteiger partial charge in [-0.2, -0.15) is 0 Å². The highest BCUT2D eigenvalue weighted by Gasteiger charge is 2.05. The molecule has 3 heteroatoms. The third kappa shape index (κ3) is 7.33. The molecule has 1 aliphatic heterocycles. The van der Waals surface area contributed by atoms with Gasteiger partial charge in [0.05, 0.1) is 0 Å². The van der Waals surface area contributed by atoms with Crippen LogP contribution >= 0.6 is 0 Å². The number of carbonyl (C=O) groups excluding carboxylic acids is 1. The van der Waals surface area contributed by atoms with Gasteiger partial charge in [0.25, 0.3) is 0 Å². The molecule has 1 amide bonds. The average molecular weight is 158 g/mol. The molecule has 11 heavy (non-hydrogen) atoms. The van der Waals surface area contributed by atoms with E-state index in [2.05, 4.69) is 24.5 Å². The fourth-order valence-electron chi connectivity index (χ4n) is 0.815. The lowest BCUT2D eigenvalue weighted by Gasteiger charge is -1.86. The molecule has 0 aromatic heterocycles. The average Bonchev–Trinajstić information content (AvgIpc) is 2.43. The van der Waals surface area contributed by atoms with E-state index < -0.39 is 0 Å². The Morgan fingerprint density at radius 2 is 2.09 bits per heavy atom. The van der Waals surface area contributed by atoms with Gasteiger partial charge in [0.15, 0.2) is 0 Å². The molecule has 1 heterocycles. The van der Waals surface area contributed by atoms with Crippen molar-refractivity contribution in [2.45, 2.75) is 26.7 Å². The number of hydrogen-bond acceptors (Lipinski definition) is 2. The van der Waals surface area contributed by atoms with E-state index in [1.165, 1.54) is 0 Å². The van der Waals surface area contributed by atoms with Crippen molar-refractivity contribution in [3.63, 3.8) is 0 Å². The first-order chi connectivity index (χ1) is 5.31. The molecule has 0 aliphatic carbocycles. The number of hydrogen-bond donors (Lipinski definition) is 2. The predicted octanol–water partition coefficient (Wildman–Crippen LogP) is 0.512. The SMILES string of the molecule is CCNCC.O=C1CCCN1. The summed E-state index contributed by atoms with van der Waals surface area (Å²) in [6.45, 7) is 7.28. The summed E-state index contributed by atoms with van der Waals surface area (Å²) in [6.07, 6.45) is 1.76. The lowest BCUT2D eigenvalue weighted by atomic mass is 10.4. The van der Waals surface area contributed by atoms with Crippen molar-refractivity contribution in [3.8, 4) is 0 Å². The Bertz CT molecular complexity index is 94.3. The van der Waals surface area contributed by atoms with E-state index in [0.717, 1.165) is 32.5 Å². The van der Waals surface area contributed by atoms with Gasteiger partial charge >= 0.3 is 0 Å². The first-order valence-electron chi connectivity index (χ1n) is 4.28. The minimum atomic E-state index is 0.204. The van der Waals surface area contributed by atoms with Crippen LogP contribution in [0.5, 0.6) is 0 Å². The van der Waals surface area contributed by atoms with Crippen molar-refractivity contribution in [3.05, 3.63) is 0 Å². The maximum absolute atomic E-state index is 10.1. The summed E-state index contributed by atoms with van der Waals surface area (Å²) in [4.78, 5) is 10.1. The van der Waals surface area contributed by atoms with Crippen molar-refractivity contribution in [1.29, 1.82) is 0 Å². The zero-order chi connectivity index (χ0) is 8.53. The third-order valence-corrected chi connectivity index (χ3v) is 1.40. The van der Waals surface area contributed by atoms with Crippen LogP contribution in [0.4, 0.5) is 0 Å². The molecular weight excluding hydrogens is 140 g/mol. The van der Waals surface area contributed by atoms with Gasteiger partial charge < -0.3 is 10.6 Å². The van der Waals surface area contributed by atoms with E-state index in [-0.39, 0.29) is 5.91 Å². The summed E-state index contributed by atoms with van der Waals surface area (Å²) in [5, 5.41) is 5.79. The Kier molecular flexibility index (Phi) is 7.15. The Labute approximate surface area is 68.6 Å². The zero-order valence-corrected chi connectivity index (χ0v) is 7.44. The maximum atomic E-state index is 10.1. The quantitative estimate of drug-likeness (QED) is 0.615. The van der Waals surface area contributed by atoms with Crippen LogP contribution in [0.15, 0.2) is 0 Å². The largest absolute Gasteiger partial charge is 0.356 e. The summed E-state index contributed by atoms with van der Waals surface area (Å²) in [6, 6.07) is 0. The van der Waals surface area contributed by atoms with E-state index in [1.54, 1.807) is 0 Å². The molecule has 1 saturated heterocycles. The molecule has 0 saturated carbocycles. The monoisotopic (exact) mass is 158 g/mol. The molecule has 1 aliphatic rings. The second-order valence-corrected chi connectivity index (χ2v) is 2.41. The second-order valence-electron chi connectivity index (χ2n) is 2.41. The van der Waals surface area contributed by atoms with Crippen molar-refractivity contribution in [1.82, 2.24) is 10.6 Å².